The summed E-state index contributed by atoms with van der Waals surface area (Å²) in [6.45, 7) is 1.51. The molecule has 0 spiro atoms. The first-order chi connectivity index (χ1) is 14.7. The van der Waals surface area contributed by atoms with E-state index in [0.29, 0.717) is 5.75 Å². The molecule has 31 heavy (non-hydrogen) atoms. The quantitative estimate of drug-likeness (QED) is 0.603. The topological polar surface area (TPSA) is 96.9 Å². The van der Waals surface area contributed by atoms with E-state index in [0.717, 1.165) is 5.56 Å². The van der Waals surface area contributed by atoms with Gasteiger partial charge in [-0.1, -0.05) is 42.5 Å². The minimum absolute atomic E-state index is 0.169. The van der Waals surface area contributed by atoms with Gasteiger partial charge >= 0.3 is 18.2 Å². The van der Waals surface area contributed by atoms with E-state index in [1.165, 1.54) is 36.5 Å². The molecular formula is C21H21F3N2O5. The molecule has 0 aromatic heterocycles. The van der Waals surface area contributed by atoms with E-state index < -0.39 is 35.9 Å². The molecule has 0 radical (unpaired) electrons. The van der Waals surface area contributed by atoms with Crippen LogP contribution in [0.3, 0.4) is 0 Å². The first-order valence-electron chi connectivity index (χ1n) is 9.47. The monoisotopic (exact) mass is 438 g/mol. The van der Waals surface area contributed by atoms with Crippen molar-refractivity contribution in [1.82, 2.24) is 10.6 Å². The van der Waals surface area contributed by atoms with Crippen molar-refractivity contribution in [3.63, 3.8) is 0 Å². The molecule has 2 aromatic carbocycles. The molecule has 3 rings (SSSR count). The summed E-state index contributed by atoms with van der Waals surface area (Å²) in [5.41, 5.74) is -2.70. The molecule has 7 nitrogen and oxygen atoms in total. The lowest BCUT2D eigenvalue weighted by molar-refractivity contribution is -0.294. The molecule has 1 fully saturated rings. The number of urea groups is 1. The van der Waals surface area contributed by atoms with Gasteiger partial charge in [0.15, 0.2) is 0 Å². The molecule has 0 aliphatic carbocycles. The van der Waals surface area contributed by atoms with Crippen LogP contribution in [0, 0.1) is 5.92 Å². The van der Waals surface area contributed by atoms with Crippen molar-refractivity contribution >= 4 is 12.0 Å². The van der Waals surface area contributed by atoms with Crippen molar-refractivity contribution in [2.75, 3.05) is 6.61 Å². The summed E-state index contributed by atoms with van der Waals surface area (Å²) in [5, 5.41) is 14.0. The van der Waals surface area contributed by atoms with Gasteiger partial charge in [0, 0.05) is 0 Å². The summed E-state index contributed by atoms with van der Waals surface area (Å²) in [6, 6.07) is 12.4. The van der Waals surface area contributed by atoms with Crippen LogP contribution in [0.1, 0.15) is 24.1 Å². The zero-order valence-electron chi connectivity index (χ0n) is 16.5. The summed E-state index contributed by atoms with van der Waals surface area (Å²) in [6.07, 6.45) is -5.32. The second-order valence-electron chi connectivity index (χ2n) is 6.91. The van der Waals surface area contributed by atoms with Crippen molar-refractivity contribution in [3.05, 3.63) is 65.7 Å². The van der Waals surface area contributed by atoms with Gasteiger partial charge in [-0.2, -0.15) is 13.2 Å². The Kier molecular flexibility index (Phi) is 6.40. The number of ether oxygens (including phenoxy) is 2. The molecule has 0 bridgehead atoms. The minimum Gasteiger partial charge on any atom is -0.489 e. The molecule has 1 aliphatic heterocycles. The molecule has 166 valence electrons. The molecule has 10 heteroatoms. The third-order valence-electron chi connectivity index (χ3n) is 4.83. The molecule has 1 aliphatic rings. The van der Waals surface area contributed by atoms with E-state index in [-0.39, 0.29) is 18.8 Å². The highest BCUT2D eigenvalue weighted by Gasteiger charge is 2.67. The fourth-order valence-corrected chi connectivity index (χ4v) is 3.33. The molecule has 1 saturated heterocycles. The number of benzene rings is 2. The van der Waals surface area contributed by atoms with Gasteiger partial charge < -0.3 is 25.2 Å². The maximum atomic E-state index is 13.6. The van der Waals surface area contributed by atoms with Crippen molar-refractivity contribution in [3.8, 4) is 5.75 Å². The normalized spacial score (nSPS) is 23.5. The number of carbonyl (C=O) groups excluding carboxylic acids is 2. The van der Waals surface area contributed by atoms with E-state index in [9.17, 15) is 27.9 Å². The molecule has 0 unspecified atom stereocenters. The molecule has 3 atom stereocenters. The van der Waals surface area contributed by atoms with Crippen LogP contribution in [0.25, 0.3) is 0 Å². The second kappa shape index (κ2) is 8.84. The summed E-state index contributed by atoms with van der Waals surface area (Å²) in [7, 11) is 0. The second-order valence-corrected chi connectivity index (χ2v) is 6.91. The van der Waals surface area contributed by atoms with Gasteiger partial charge in [0.05, 0.1) is 12.6 Å². The Morgan fingerprint density at radius 2 is 1.77 bits per heavy atom. The Morgan fingerprint density at radius 1 is 1.13 bits per heavy atom. The number of esters is 1. The van der Waals surface area contributed by atoms with E-state index in [4.69, 9.17) is 9.47 Å². The van der Waals surface area contributed by atoms with Gasteiger partial charge in [0.25, 0.3) is 5.72 Å². The number of nitrogens with one attached hydrogen (secondary N) is 2. The van der Waals surface area contributed by atoms with Crippen LogP contribution >= 0.6 is 0 Å². The SMILES string of the molecule is CCOC(=O)[C@@H]1[C@H](c2ccc(OCc3ccccc3)cc2)NC(=O)N[C@@]1(O)C(F)(F)F. The Labute approximate surface area is 176 Å². The van der Waals surface area contributed by atoms with Gasteiger partial charge in [0.1, 0.15) is 18.3 Å². The smallest absolute Gasteiger partial charge is 0.437 e. The summed E-state index contributed by atoms with van der Waals surface area (Å²) < 4.78 is 51.3. The lowest BCUT2D eigenvalue weighted by atomic mass is 9.82. The first-order valence-corrected chi connectivity index (χ1v) is 9.47. The molecular weight excluding hydrogens is 417 g/mol. The van der Waals surface area contributed by atoms with Crippen LogP contribution in [0.4, 0.5) is 18.0 Å². The zero-order valence-corrected chi connectivity index (χ0v) is 16.5. The maximum Gasteiger partial charge on any atom is 0.437 e. The van der Waals surface area contributed by atoms with Crippen LogP contribution in [0.5, 0.6) is 5.75 Å². The summed E-state index contributed by atoms with van der Waals surface area (Å²) in [4.78, 5) is 24.3. The Balaban J connectivity index is 1.87. The van der Waals surface area contributed by atoms with E-state index in [2.05, 4.69) is 5.32 Å². The number of hydrogen-bond acceptors (Lipinski definition) is 5. The Hall–Kier alpha value is -3.27. The predicted molar refractivity (Wildman–Crippen MR) is 103 cm³/mol. The van der Waals surface area contributed by atoms with Crippen molar-refractivity contribution < 1.29 is 37.3 Å². The third-order valence-corrected chi connectivity index (χ3v) is 4.83. The molecule has 2 amide bonds. The largest absolute Gasteiger partial charge is 0.489 e. The van der Waals surface area contributed by atoms with Gasteiger partial charge in [-0.3, -0.25) is 4.79 Å². The third kappa shape index (κ3) is 4.74. The van der Waals surface area contributed by atoms with Gasteiger partial charge in [-0.05, 0) is 30.2 Å². The first kappa shape index (κ1) is 22.4. The fraction of sp³-hybridized carbons (Fsp3) is 0.333. The number of amides is 2. The lowest BCUT2D eigenvalue weighted by Gasteiger charge is -2.44. The summed E-state index contributed by atoms with van der Waals surface area (Å²) >= 11 is 0. The van der Waals surface area contributed by atoms with Crippen LogP contribution in [0.15, 0.2) is 54.6 Å². The van der Waals surface area contributed by atoms with E-state index in [1.54, 1.807) is 0 Å². The van der Waals surface area contributed by atoms with Crippen LogP contribution in [-0.4, -0.2) is 35.6 Å². The number of carbonyl (C=O) groups is 2. The number of hydrogen-bond donors (Lipinski definition) is 3. The molecule has 0 saturated carbocycles. The molecule has 2 aromatic rings. The number of halogens is 3. The zero-order chi connectivity index (χ0) is 22.6. The highest BCUT2D eigenvalue weighted by Crippen LogP contribution is 2.43. The van der Waals surface area contributed by atoms with Gasteiger partial charge in [-0.25, -0.2) is 4.79 Å². The minimum atomic E-state index is -5.32. The average molecular weight is 438 g/mol. The van der Waals surface area contributed by atoms with E-state index >= 15 is 0 Å². The van der Waals surface area contributed by atoms with Gasteiger partial charge in [0.2, 0.25) is 0 Å². The number of aliphatic hydroxyl groups is 1. The standard InChI is InChI=1S/C21H21F3N2O5/c1-2-30-18(27)16-17(25-19(28)26-20(16,29)21(22,23)24)14-8-10-15(11-9-14)31-12-13-6-4-3-5-7-13/h3-11,16-17,29H,2,12H2,1H3,(H2,25,26,28)/t16-,17-,20-/m0/s1. The summed E-state index contributed by atoms with van der Waals surface area (Å²) in [5.74, 6) is -3.03. The molecule has 1 heterocycles. The lowest BCUT2D eigenvalue weighted by Crippen LogP contribution is -2.73. The van der Waals surface area contributed by atoms with Gasteiger partial charge in [-0.15, -0.1) is 0 Å². The van der Waals surface area contributed by atoms with Crippen LogP contribution in [0.2, 0.25) is 0 Å². The van der Waals surface area contributed by atoms with E-state index in [1.807, 2.05) is 30.3 Å². The van der Waals surface area contributed by atoms with Crippen molar-refractivity contribution in [1.29, 1.82) is 0 Å². The van der Waals surface area contributed by atoms with Crippen molar-refractivity contribution in [2.24, 2.45) is 5.92 Å². The van der Waals surface area contributed by atoms with Crippen LogP contribution < -0.4 is 15.4 Å². The maximum absolute atomic E-state index is 13.6. The Morgan fingerprint density at radius 3 is 2.35 bits per heavy atom. The number of rotatable bonds is 6. The van der Waals surface area contributed by atoms with Crippen LogP contribution in [-0.2, 0) is 16.1 Å². The highest BCUT2D eigenvalue weighted by atomic mass is 19.4. The highest BCUT2D eigenvalue weighted by molar-refractivity contribution is 5.83. The fourth-order valence-electron chi connectivity index (χ4n) is 3.33. The Bertz CT molecular complexity index is 921. The number of alkyl halides is 3. The average Bonchev–Trinajstić information content (AvgIpc) is 2.72. The molecule has 3 N–H and O–H groups in total. The predicted octanol–water partition coefficient (Wildman–Crippen LogP) is 3.05. The van der Waals surface area contributed by atoms with Crippen molar-refractivity contribution in [2.45, 2.75) is 31.5 Å².